The molecular formula is C13H15FO3. The lowest BCUT2D eigenvalue weighted by atomic mass is 9.84. The van der Waals surface area contributed by atoms with Crippen LogP contribution in [0, 0.1) is 18.2 Å². The van der Waals surface area contributed by atoms with Crippen LogP contribution in [0.5, 0.6) is 0 Å². The van der Waals surface area contributed by atoms with Gasteiger partial charge in [-0.1, -0.05) is 6.07 Å². The third-order valence-electron chi connectivity index (χ3n) is 2.76. The zero-order chi connectivity index (χ0) is 13.2. The Hall–Kier alpha value is -1.71. The highest BCUT2D eigenvalue weighted by Crippen LogP contribution is 2.25. The predicted octanol–water partition coefficient (Wildman–Crippen LogP) is 2.60. The fourth-order valence-electron chi connectivity index (χ4n) is 1.57. The standard InChI is InChI=1S/C13H15FO3/c1-8-4-9(6-13(2,3)12(16)17)10(7-15)5-11(8)14/h4-5,7H,6H2,1-3H3,(H,16,17). The van der Waals surface area contributed by atoms with Crippen LogP contribution in [0.4, 0.5) is 4.39 Å². The Labute approximate surface area is 99.3 Å². The van der Waals surface area contributed by atoms with E-state index in [1.165, 1.54) is 6.07 Å². The number of carbonyl (C=O) groups excluding carboxylic acids is 1. The van der Waals surface area contributed by atoms with Crippen LogP contribution in [0.25, 0.3) is 0 Å². The number of aliphatic carboxylic acids is 1. The summed E-state index contributed by atoms with van der Waals surface area (Å²) in [5.41, 5.74) is 0.197. The molecule has 4 heteroatoms. The molecule has 1 aromatic carbocycles. The number of hydrogen-bond acceptors (Lipinski definition) is 2. The molecule has 0 aliphatic heterocycles. The van der Waals surface area contributed by atoms with Crippen LogP contribution >= 0.6 is 0 Å². The molecule has 0 bridgehead atoms. The number of carboxylic acids is 1. The Kier molecular flexibility index (Phi) is 3.66. The van der Waals surface area contributed by atoms with E-state index in [4.69, 9.17) is 5.11 Å². The summed E-state index contributed by atoms with van der Waals surface area (Å²) < 4.78 is 13.3. The van der Waals surface area contributed by atoms with Crippen molar-refractivity contribution >= 4 is 12.3 Å². The minimum Gasteiger partial charge on any atom is -0.481 e. The molecule has 0 saturated carbocycles. The van der Waals surface area contributed by atoms with E-state index < -0.39 is 17.2 Å². The van der Waals surface area contributed by atoms with Gasteiger partial charge in [-0.05, 0) is 44.4 Å². The molecule has 0 aromatic heterocycles. The molecule has 0 saturated heterocycles. The first-order chi connectivity index (χ1) is 7.77. The Morgan fingerprint density at radius 3 is 2.53 bits per heavy atom. The van der Waals surface area contributed by atoms with Gasteiger partial charge in [0, 0.05) is 5.56 Å². The number of aldehydes is 1. The molecule has 0 heterocycles. The van der Waals surface area contributed by atoms with Crippen molar-refractivity contribution in [3.63, 3.8) is 0 Å². The number of benzene rings is 1. The van der Waals surface area contributed by atoms with Gasteiger partial charge in [0.2, 0.25) is 0 Å². The fourth-order valence-corrected chi connectivity index (χ4v) is 1.57. The van der Waals surface area contributed by atoms with Crippen molar-refractivity contribution in [2.75, 3.05) is 0 Å². The zero-order valence-corrected chi connectivity index (χ0v) is 10.1. The average molecular weight is 238 g/mol. The largest absolute Gasteiger partial charge is 0.481 e. The second kappa shape index (κ2) is 4.65. The van der Waals surface area contributed by atoms with Crippen molar-refractivity contribution in [3.8, 4) is 0 Å². The molecule has 0 radical (unpaired) electrons. The maximum atomic E-state index is 13.3. The van der Waals surface area contributed by atoms with Gasteiger partial charge in [-0.25, -0.2) is 4.39 Å². The highest BCUT2D eigenvalue weighted by atomic mass is 19.1. The van der Waals surface area contributed by atoms with Crippen LogP contribution in [0.2, 0.25) is 0 Å². The Morgan fingerprint density at radius 2 is 2.06 bits per heavy atom. The van der Waals surface area contributed by atoms with Gasteiger partial charge >= 0.3 is 5.97 Å². The van der Waals surface area contributed by atoms with E-state index >= 15 is 0 Å². The molecule has 0 spiro atoms. The SMILES string of the molecule is Cc1cc(CC(C)(C)C(=O)O)c(C=O)cc1F. The zero-order valence-electron chi connectivity index (χ0n) is 10.1. The van der Waals surface area contributed by atoms with E-state index in [0.717, 1.165) is 6.07 Å². The van der Waals surface area contributed by atoms with Crippen LogP contribution < -0.4 is 0 Å². The topological polar surface area (TPSA) is 54.4 Å². The maximum Gasteiger partial charge on any atom is 0.309 e. The number of hydrogen-bond donors (Lipinski definition) is 1. The summed E-state index contributed by atoms with van der Waals surface area (Å²) in [6, 6.07) is 2.68. The molecule has 0 unspecified atom stereocenters. The molecule has 1 N–H and O–H groups in total. The van der Waals surface area contributed by atoms with Gasteiger partial charge < -0.3 is 5.11 Å². The molecule has 0 atom stereocenters. The second-order valence-electron chi connectivity index (χ2n) is 4.78. The number of carbonyl (C=O) groups is 2. The highest BCUT2D eigenvalue weighted by molar-refractivity contribution is 5.79. The number of carboxylic acid groups (broad SMARTS) is 1. The summed E-state index contributed by atoms with van der Waals surface area (Å²) in [4.78, 5) is 21.8. The van der Waals surface area contributed by atoms with E-state index in [1.54, 1.807) is 20.8 Å². The summed E-state index contributed by atoms with van der Waals surface area (Å²) in [6.45, 7) is 4.73. The van der Waals surface area contributed by atoms with Crippen molar-refractivity contribution in [3.05, 3.63) is 34.6 Å². The summed E-state index contributed by atoms with van der Waals surface area (Å²) in [7, 11) is 0. The summed E-state index contributed by atoms with van der Waals surface area (Å²) in [5.74, 6) is -1.40. The van der Waals surface area contributed by atoms with Crippen LogP contribution in [0.15, 0.2) is 12.1 Å². The van der Waals surface area contributed by atoms with E-state index in [0.29, 0.717) is 17.4 Å². The molecule has 0 fully saturated rings. The lowest BCUT2D eigenvalue weighted by Crippen LogP contribution is -2.26. The lowest BCUT2D eigenvalue weighted by Gasteiger charge is -2.20. The maximum absolute atomic E-state index is 13.3. The molecule has 0 aliphatic carbocycles. The van der Waals surface area contributed by atoms with Gasteiger partial charge in [0.1, 0.15) is 12.1 Å². The van der Waals surface area contributed by atoms with Crippen LogP contribution in [-0.4, -0.2) is 17.4 Å². The predicted molar refractivity (Wildman–Crippen MR) is 61.6 cm³/mol. The van der Waals surface area contributed by atoms with Crippen LogP contribution in [-0.2, 0) is 11.2 Å². The third-order valence-corrected chi connectivity index (χ3v) is 2.76. The van der Waals surface area contributed by atoms with Gasteiger partial charge in [-0.3, -0.25) is 9.59 Å². The van der Waals surface area contributed by atoms with Crippen molar-refractivity contribution in [2.45, 2.75) is 27.2 Å². The molecule has 17 heavy (non-hydrogen) atoms. The lowest BCUT2D eigenvalue weighted by molar-refractivity contribution is -0.146. The van der Waals surface area contributed by atoms with E-state index in [1.807, 2.05) is 0 Å². The molecule has 3 nitrogen and oxygen atoms in total. The van der Waals surface area contributed by atoms with Crippen molar-refractivity contribution < 1.29 is 19.1 Å². The first-order valence-corrected chi connectivity index (χ1v) is 5.25. The van der Waals surface area contributed by atoms with E-state index in [-0.39, 0.29) is 12.0 Å². The summed E-state index contributed by atoms with van der Waals surface area (Å²) in [5, 5.41) is 9.03. The number of rotatable bonds is 4. The molecular weight excluding hydrogens is 223 g/mol. The van der Waals surface area contributed by atoms with Gasteiger partial charge in [0.05, 0.1) is 5.41 Å². The van der Waals surface area contributed by atoms with Gasteiger partial charge in [-0.15, -0.1) is 0 Å². The second-order valence-corrected chi connectivity index (χ2v) is 4.78. The monoisotopic (exact) mass is 238 g/mol. The van der Waals surface area contributed by atoms with Gasteiger partial charge in [0.25, 0.3) is 0 Å². The van der Waals surface area contributed by atoms with E-state index in [2.05, 4.69) is 0 Å². The summed E-state index contributed by atoms with van der Waals surface area (Å²) in [6.07, 6.45) is 0.743. The highest BCUT2D eigenvalue weighted by Gasteiger charge is 2.28. The third kappa shape index (κ3) is 2.90. The molecule has 1 aromatic rings. The number of aryl methyl sites for hydroxylation is 1. The quantitative estimate of drug-likeness (QED) is 0.820. The first-order valence-electron chi connectivity index (χ1n) is 5.25. The Morgan fingerprint density at radius 1 is 1.47 bits per heavy atom. The fraction of sp³-hybridized carbons (Fsp3) is 0.385. The van der Waals surface area contributed by atoms with Crippen LogP contribution in [0.3, 0.4) is 0 Å². The molecule has 92 valence electrons. The van der Waals surface area contributed by atoms with Gasteiger partial charge in [0.15, 0.2) is 0 Å². The van der Waals surface area contributed by atoms with Crippen molar-refractivity contribution in [1.29, 1.82) is 0 Å². The van der Waals surface area contributed by atoms with E-state index in [9.17, 15) is 14.0 Å². The van der Waals surface area contributed by atoms with Crippen molar-refractivity contribution in [2.24, 2.45) is 5.41 Å². The summed E-state index contributed by atoms with van der Waals surface area (Å²) >= 11 is 0. The van der Waals surface area contributed by atoms with Crippen molar-refractivity contribution in [1.82, 2.24) is 0 Å². The Bertz CT molecular complexity index is 464. The molecule has 0 aliphatic rings. The minimum absolute atomic E-state index is 0.192. The molecule has 0 amide bonds. The smallest absolute Gasteiger partial charge is 0.309 e. The molecule has 1 rings (SSSR count). The first kappa shape index (κ1) is 13.4. The minimum atomic E-state index is -0.984. The Balaban J connectivity index is 3.18. The normalized spacial score (nSPS) is 11.3. The van der Waals surface area contributed by atoms with Gasteiger partial charge in [-0.2, -0.15) is 0 Å². The average Bonchev–Trinajstić information content (AvgIpc) is 2.22. The number of halogens is 1. The van der Waals surface area contributed by atoms with Crippen LogP contribution in [0.1, 0.15) is 35.3 Å².